The lowest BCUT2D eigenvalue weighted by molar-refractivity contribution is 0.0931. The van der Waals surface area contributed by atoms with Crippen LogP contribution in [0.15, 0.2) is 65.7 Å². The molecule has 0 fully saturated rings. The number of amides is 1. The van der Waals surface area contributed by atoms with E-state index in [1.807, 2.05) is 43.3 Å². The third-order valence-electron chi connectivity index (χ3n) is 6.08. The SMILES string of the molecule is Cc1cc(N)nc2c1C(NC(=O)c1cn(Cc3ccc(Cn4ccccc4=O)cc3)nn1)CC2. The number of hydrogen-bond donors (Lipinski definition) is 2. The van der Waals surface area contributed by atoms with E-state index < -0.39 is 0 Å². The number of nitrogens with zero attached hydrogens (tertiary/aromatic N) is 5. The fraction of sp³-hybridized carbons (Fsp3) is 0.240. The standard InChI is InChI=1S/C25H25N7O2/c1-16-12-22(26)27-19-9-10-20(24(16)19)28-25(34)21-15-32(30-29-21)14-18-7-5-17(6-8-18)13-31-11-3-2-4-23(31)33/h2-8,11-12,15,20H,9-10,13-14H2,1H3,(H2,26,27)(H,28,34). The minimum absolute atomic E-state index is 0.0309. The number of aromatic nitrogens is 5. The first kappa shape index (κ1) is 21.6. The lowest BCUT2D eigenvalue weighted by Gasteiger charge is -2.15. The number of hydrogen-bond acceptors (Lipinski definition) is 6. The molecule has 1 amide bonds. The Kier molecular flexibility index (Phi) is 5.67. The second kappa shape index (κ2) is 8.93. The van der Waals surface area contributed by atoms with Crippen LogP contribution in [0.25, 0.3) is 0 Å². The molecule has 9 heteroatoms. The van der Waals surface area contributed by atoms with Gasteiger partial charge in [-0.3, -0.25) is 9.59 Å². The van der Waals surface area contributed by atoms with Gasteiger partial charge >= 0.3 is 0 Å². The van der Waals surface area contributed by atoms with Crippen molar-refractivity contribution in [2.45, 2.75) is 38.9 Å². The molecule has 5 rings (SSSR count). The zero-order valence-corrected chi connectivity index (χ0v) is 18.8. The Hall–Kier alpha value is -4.27. The first-order valence-electron chi connectivity index (χ1n) is 11.2. The maximum atomic E-state index is 12.8. The number of nitrogens with one attached hydrogen (secondary N) is 1. The van der Waals surface area contributed by atoms with E-state index in [9.17, 15) is 9.59 Å². The van der Waals surface area contributed by atoms with Crippen molar-refractivity contribution in [2.24, 2.45) is 0 Å². The predicted molar refractivity (Wildman–Crippen MR) is 127 cm³/mol. The molecular formula is C25H25N7O2. The van der Waals surface area contributed by atoms with Crippen molar-refractivity contribution in [3.05, 3.63) is 105 Å². The van der Waals surface area contributed by atoms with Crippen LogP contribution in [0.1, 0.15) is 50.9 Å². The van der Waals surface area contributed by atoms with E-state index in [-0.39, 0.29) is 23.2 Å². The number of fused-ring (bicyclic) bond motifs is 1. The minimum Gasteiger partial charge on any atom is -0.384 e. The Labute approximate surface area is 196 Å². The van der Waals surface area contributed by atoms with E-state index in [0.29, 0.717) is 18.9 Å². The van der Waals surface area contributed by atoms with Gasteiger partial charge in [-0.15, -0.1) is 5.10 Å². The van der Waals surface area contributed by atoms with Gasteiger partial charge in [-0.05, 0) is 54.2 Å². The van der Waals surface area contributed by atoms with Crippen LogP contribution in [0, 0.1) is 6.92 Å². The number of carbonyl (C=O) groups is 1. The van der Waals surface area contributed by atoms with Crippen molar-refractivity contribution in [1.82, 2.24) is 29.9 Å². The van der Waals surface area contributed by atoms with E-state index in [1.165, 1.54) is 0 Å². The van der Waals surface area contributed by atoms with E-state index in [0.717, 1.165) is 40.8 Å². The Bertz CT molecular complexity index is 1410. The highest BCUT2D eigenvalue weighted by molar-refractivity contribution is 5.92. The molecule has 34 heavy (non-hydrogen) atoms. The molecule has 1 unspecified atom stereocenters. The molecule has 0 bridgehead atoms. The number of rotatable bonds is 6. The predicted octanol–water partition coefficient (Wildman–Crippen LogP) is 2.24. The van der Waals surface area contributed by atoms with Crippen molar-refractivity contribution in [1.29, 1.82) is 0 Å². The summed E-state index contributed by atoms with van der Waals surface area (Å²) in [7, 11) is 0. The van der Waals surface area contributed by atoms with Crippen LogP contribution < -0.4 is 16.6 Å². The molecule has 9 nitrogen and oxygen atoms in total. The fourth-order valence-electron chi connectivity index (χ4n) is 4.45. The maximum Gasteiger partial charge on any atom is 0.273 e. The molecule has 0 saturated heterocycles. The second-order valence-electron chi connectivity index (χ2n) is 8.57. The topological polar surface area (TPSA) is 121 Å². The summed E-state index contributed by atoms with van der Waals surface area (Å²) in [5.41, 5.74) is 11.2. The molecule has 3 N–H and O–H groups in total. The van der Waals surface area contributed by atoms with Gasteiger partial charge in [-0.1, -0.05) is 35.5 Å². The fourth-order valence-corrected chi connectivity index (χ4v) is 4.45. The number of aryl methyl sites for hydroxylation is 2. The first-order valence-corrected chi connectivity index (χ1v) is 11.2. The summed E-state index contributed by atoms with van der Waals surface area (Å²) < 4.78 is 3.30. The maximum absolute atomic E-state index is 12.8. The zero-order valence-electron chi connectivity index (χ0n) is 18.8. The summed E-state index contributed by atoms with van der Waals surface area (Å²) in [5, 5.41) is 11.2. The van der Waals surface area contributed by atoms with Gasteiger partial charge in [0.1, 0.15) is 5.82 Å². The van der Waals surface area contributed by atoms with Crippen molar-refractivity contribution >= 4 is 11.7 Å². The summed E-state index contributed by atoms with van der Waals surface area (Å²) in [6, 6.07) is 14.8. The number of carbonyl (C=O) groups excluding carboxylic acids is 1. The number of pyridine rings is 2. The van der Waals surface area contributed by atoms with Gasteiger partial charge in [0.05, 0.1) is 25.3 Å². The van der Waals surface area contributed by atoms with E-state index >= 15 is 0 Å². The largest absolute Gasteiger partial charge is 0.384 e. The van der Waals surface area contributed by atoms with Crippen molar-refractivity contribution in [2.75, 3.05) is 5.73 Å². The molecule has 3 heterocycles. The highest BCUT2D eigenvalue weighted by Gasteiger charge is 2.28. The van der Waals surface area contributed by atoms with Gasteiger partial charge < -0.3 is 15.6 Å². The number of nitrogens with two attached hydrogens (primary N) is 1. The quantitative estimate of drug-likeness (QED) is 0.460. The molecular weight excluding hydrogens is 430 g/mol. The van der Waals surface area contributed by atoms with Crippen LogP contribution in [0.3, 0.4) is 0 Å². The zero-order chi connectivity index (χ0) is 23.7. The van der Waals surface area contributed by atoms with Crippen LogP contribution in [-0.2, 0) is 19.5 Å². The highest BCUT2D eigenvalue weighted by Crippen LogP contribution is 2.33. The van der Waals surface area contributed by atoms with Gasteiger partial charge in [0, 0.05) is 18.0 Å². The molecule has 0 saturated carbocycles. The average Bonchev–Trinajstić information content (AvgIpc) is 3.44. The molecule has 0 radical (unpaired) electrons. The van der Waals surface area contributed by atoms with Gasteiger partial charge in [-0.2, -0.15) is 0 Å². The summed E-state index contributed by atoms with van der Waals surface area (Å²) in [4.78, 5) is 29.1. The van der Waals surface area contributed by atoms with Crippen LogP contribution in [0.4, 0.5) is 5.82 Å². The molecule has 1 aliphatic carbocycles. The summed E-state index contributed by atoms with van der Waals surface area (Å²) in [6.07, 6.45) is 4.99. The molecule has 3 aromatic heterocycles. The van der Waals surface area contributed by atoms with E-state index in [1.54, 1.807) is 33.8 Å². The minimum atomic E-state index is -0.260. The van der Waals surface area contributed by atoms with Gasteiger partial charge in [-0.25, -0.2) is 9.67 Å². The van der Waals surface area contributed by atoms with Gasteiger partial charge in [0.15, 0.2) is 5.69 Å². The van der Waals surface area contributed by atoms with Gasteiger partial charge in [0.25, 0.3) is 11.5 Å². The summed E-state index contributed by atoms with van der Waals surface area (Å²) in [6.45, 7) is 2.99. The summed E-state index contributed by atoms with van der Waals surface area (Å²) >= 11 is 0. The highest BCUT2D eigenvalue weighted by atomic mass is 16.2. The monoisotopic (exact) mass is 455 g/mol. The van der Waals surface area contributed by atoms with Crippen LogP contribution >= 0.6 is 0 Å². The first-order chi connectivity index (χ1) is 16.5. The Morgan fingerprint density at radius 1 is 1.15 bits per heavy atom. The Balaban J connectivity index is 1.22. The average molecular weight is 456 g/mol. The lowest BCUT2D eigenvalue weighted by atomic mass is 10.1. The molecule has 4 aromatic rings. The van der Waals surface area contributed by atoms with Gasteiger partial charge in [0.2, 0.25) is 0 Å². The molecule has 1 aromatic carbocycles. The van der Waals surface area contributed by atoms with Crippen molar-refractivity contribution in [3.63, 3.8) is 0 Å². The van der Waals surface area contributed by atoms with E-state index in [4.69, 9.17) is 5.73 Å². The second-order valence-corrected chi connectivity index (χ2v) is 8.57. The van der Waals surface area contributed by atoms with Crippen molar-refractivity contribution < 1.29 is 4.79 Å². The molecule has 1 aliphatic rings. The number of nitrogen functional groups attached to an aromatic ring is 1. The lowest BCUT2D eigenvalue weighted by Crippen LogP contribution is -2.28. The molecule has 0 spiro atoms. The van der Waals surface area contributed by atoms with Crippen molar-refractivity contribution in [3.8, 4) is 0 Å². The molecule has 0 aliphatic heterocycles. The van der Waals surface area contributed by atoms with E-state index in [2.05, 4.69) is 20.6 Å². The number of benzene rings is 1. The third-order valence-corrected chi connectivity index (χ3v) is 6.08. The van der Waals surface area contributed by atoms with Crippen LogP contribution in [0.2, 0.25) is 0 Å². The smallest absolute Gasteiger partial charge is 0.273 e. The van der Waals surface area contributed by atoms with Crippen LogP contribution in [0.5, 0.6) is 0 Å². The Morgan fingerprint density at radius 3 is 2.68 bits per heavy atom. The molecule has 1 atom stereocenters. The summed E-state index contributed by atoms with van der Waals surface area (Å²) in [5.74, 6) is 0.247. The van der Waals surface area contributed by atoms with Crippen LogP contribution in [-0.4, -0.2) is 30.5 Å². The third kappa shape index (κ3) is 4.45. The Morgan fingerprint density at radius 2 is 1.91 bits per heavy atom. The number of anilines is 1. The normalized spacial score (nSPS) is 14.7. The molecule has 172 valence electrons.